The number of sulfonamides is 1. The van der Waals surface area contributed by atoms with E-state index in [2.05, 4.69) is 52.7 Å². The van der Waals surface area contributed by atoms with Gasteiger partial charge in [0.2, 0.25) is 16.0 Å². The van der Waals surface area contributed by atoms with E-state index in [1.165, 1.54) is 23.5 Å². The molecule has 4 rings (SSSR count). The van der Waals surface area contributed by atoms with Gasteiger partial charge in [-0.2, -0.15) is 4.98 Å². The highest BCUT2D eigenvalue weighted by Gasteiger charge is 2.14. The lowest BCUT2D eigenvalue weighted by Gasteiger charge is -2.18. The second-order valence-corrected chi connectivity index (χ2v) is 9.48. The molecule has 0 saturated heterocycles. The first-order chi connectivity index (χ1) is 15.4. The molecule has 4 N–H and O–H groups in total. The Morgan fingerprint density at radius 3 is 2.78 bits per heavy atom. The van der Waals surface area contributed by atoms with E-state index in [1.807, 2.05) is 13.0 Å². The van der Waals surface area contributed by atoms with Crippen LogP contribution in [0.1, 0.15) is 29.3 Å². The zero-order valence-corrected chi connectivity index (χ0v) is 18.8. The molecule has 10 nitrogen and oxygen atoms in total. The SMILES string of the molecule is CCS(=O)(=O)Nc1nccnc1CNc1nc(Nc2ccc3c(c2)CCNC3)ncc1C. The fourth-order valence-electron chi connectivity index (χ4n) is 3.33. The maximum Gasteiger partial charge on any atom is 0.233 e. The molecule has 0 atom stereocenters. The Bertz CT molecular complexity index is 1220. The summed E-state index contributed by atoms with van der Waals surface area (Å²) in [5, 5.41) is 9.85. The molecule has 0 unspecified atom stereocenters. The topological polar surface area (TPSA) is 134 Å². The molecule has 1 aliphatic rings. The molecule has 0 fully saturated rings. The van der Waals surface area contributed by atoms with Crippen LogP contribution >= 0.6 is 0 Å². The second kappa shape index (κ2) is 9.45. The van der Waals surface area contributed by atoms with E-state index in [9.17, 15) is 8.42 Å². The van der Waals surface area contributed by atoms with E-state index in [0.717, 1.165) is 30.8 Å². The highest BCUT2D eigenvalue weighted by Crippen LogP contribution is 2.22. The van der Waals surface area contributed by atoms with Crippen LogP contribution in [-0.2, 0) is 29.5 Å². The first kappa shape index (κ1) is 21.9. The lowest BCUT2D eigenvalue weighted by molar-refractivity contribution is 0.602. The Kier molecular flexibility index (Phi) is 6.47. The van der Waals surface area contributed by atoms with Gasteiger partial charge in [0.05, 0.1) is 12.3 Å². The Labute approximate surface area is 187 Å². The lowest BCUT2D eigenvalue weighted by Crippen LogP contribution is -2.23. The minimum atomic E-state index is -3.45. The van der Waals surface area contributed by atoms with Gasteiger partial charge in [0.25, 0.3) is 0 Å². The number of aryl methyl sites for hydroxylation is 1. The molecule has 0 bridgehead atoms. The third kappa shape index (κ3) is 5.29. The zero-order chi connectivity index (χ0) is 22.6. The van der Waals surface area contributed by atoms with Gasteiger partial charge in [0.15, 0.2) is 5.82 Å². The molecule has 1 aliphatic heterocycles. The molecule has 168 valence electrons. The van der Waals surface area contributed by atoms with Gasteiger partial charge in [-0.1, -0.05) is 6.07 Å². The van der Waals surface area contributed by atoms with Gasteiger partial charge in [0.1, 0.15) is 11.5 Å². The maximum absolute atomic E-state index is 11.9. The quantitative estimate of drug-likeness (QED) is 0.404. The van der Waals surface area contributed by atoms with Crippen molar-refractivity contribution in [3.8, 4) is 0 Å². The fourth-order valence-corrected chi connectivity index (χ4v) is 3.94. The molecule has 0 aliphatic carbocycles. The van der Waals surface area contributed by atoms with Crippen LogP contribution in [0, 0.1) is 6.92 Å². The Hall–Kier alpha value is -3.31. The van der Waals surface area contributed by atoms with Gasteiger partial charge in [-0.15, -0.1) is 0 Å². The minimum absolute atomic E-state index is 0.0459. The van der Waals surface area contributed by atoms with E-state index in [1.54, 1.807) is 13.1 Å². The summed E-state index contributed by atoms with van der Waals surface area (Å²) in [5.74, 6) is 1.25. The Morgan fingerprint density at radius 2 is 1.94 bits per heavy atom. The average molecular weight is 455 g/mol. The minimum Gasteiger partial charge on any atom is -0.364 e. The summed E-state index contributed by atoms with van der Waals surface area (Å²) >= 11 is 0. The van der Waals surface area contributed by atoms with Crippen molar-refractivity contribution in [1.29, 1.82) is 0 Å². The fraction of sp³-hybridized carbons (Fsp3) is 0.333. The molecule has 1 aromatic carbocycles. The Morgan fingerprint density at radius 1 is 1.09 bits per heavy atom. The predicted molar refractivity (Wildman–Crippen MR) is 124 cm³/mol. The van der Waals surface area contributed by atoms with E-state index in [0.29, 0.717) is 17.5 Å². The van der Waals surface area contributed by atoms with Crippen LogP contribution in [0.2, 0.25) is 0 Å². The summed E-state index contributed by atoms with van der Waals surface area (Å²) in [5.41, 5.74) is 4.90. The summed E-state index contributed by atoms with van der Waals surface area (Å²) in [6.07, 6.45) is 5.70. The van der Waals surface area contributed by atoms with Crippen molar-refractivity contribution in [1.82, 2.24) is 25.3 Å². The first-order valence-electron chi connectivity index (χ1n) is 10.4. The van der Waals surface area contributed by atoms with Crippen molar-refractivity contribution in [2.24, 2.45) is 0 Å². The summed E-state index contributed by atoms with van der Waals surface area (Å²) in [7, 11) is -3.45. The number of aromatic nitrogens is 4. The number of benzene rings is 1. The number of anilines is 4. The number of rotatable bonds is 8. The summed E-state index contributed by atoms with van der Waals surface area (Å²) in [6.45, 7) is 5.58. The van der Waals surface area contributed by atoms with Crippen molar-refractivity contribution >= 4 is 33.3 Å². The number of nitrogens with zero attached hydrogens (tertiary/aromatic N) is 4. The van der Waals surface area contributed by atoms with Crippen molar-refractivity contribution in [3.63, 3.8) is 0 Å². The van der Waals surface area contributed by atoms with Crippen molar-refractivity contribution in [2.45, 2.75) is 33.4 Å². The van der Waals surface area contributed by atoms with E-state index < -0.39 is 10.0 Å². The van der Waals surface area contributed by atoms with Crippen LogP contribution in [0.4, 0.5) is 23.3 Å². The molecule has 2 aromatic heterocycles. The van der Waals surface area contributed by atoms with Gasteiger partial charge in [0, 0.05) is 36.4 Å². The summed E-state index contributed by atoms with van der Waals surface area (Å²) in [4.78, 5) is 17.3. The molecular formula is C21H26N8O2S. The van der Waals surface area contributed by atoms with Crippen LogP contribution in [0.5, 0.6) is 0 Å². The molecule has 0 saturated carbocycles. The molecule has 3 aromatic rings. The zero-order valence-electron chi connectivity index (χ0n) is 18.0. The molecule has 32 heavy (non-hydrogen) atoms. The predicted octanol–water partition coefficient (Wildman–Crippen LogP) is 2.34. The maximum atomic E-state index is 11.9. The third-order valence-corrected chi connectivity index (χ3v) is 6.41. The van der Waals surface area contributed by atoms with E-state index >= 15 is 0 Å². The normalized spacial score (nSPS) is 13.3. The van der Waals surface area contributed by atoms with Crippen LogP contribution in [0.15, 0.2) is 36.8 Å². The smallest absolute Gasteiger partial charge is 0.233 e. The molecule has 0 spiro atoms. The van der Waals surface area contributed by atoms with Crippen LogP contribution in [-0.4, -0.2) is 40.7 Å². The van der Waals surface area contributed by atoms with E-state index in [4.69, 9.17) is 0 Å². The average Bonchev–Trinajstić information content (AvgIpc) is 2.80. The monoisotopic (exact) mass is 454 g/mol. The summed E-state index contributed by atoms with van der Waals surface area (Å²) < 4.78 is 26.3. The largest absolute Gasteiger partial charge is 0.364 e. The molecular weight excluding hydrogens is 428 g/mol. The van der Waals surface area contributed by atoms with Crippen LogP contribution in [0.25, 0.3) is 0 Å². The number of hydrogen-bond donors (Lipinski definition) is 4. The van der Waals surface area contributed by atoms with Gasteiger partial charge < -0.3 is 16.0 Å². The van der Waals surface area contributed by atoms with Crippen molar-refractivity contribution < 1.29 is 8.42 Å². The number of hydrogen-bond acceptors (Lipinski definition) is 9. The third-order valence-electron chi connectivity index (χ3n) is 5.15. The molecule has 0 radical (unpaired) electrons. The molecule has 3 heterocycles. The lowest BCUT2D eigenvalue weighted by atomic mass is 10.0. The van der Waals surface area contributed by atoms with Crippen LogP contribution < -0.4 is 20.7 Å². The highest BCUT2D eigenvalue weighted by atomic mass is 32.2. The second-order valence-electron chi connectivity index (χ2n) is 7.47. The highest BCUT2D eigenvalue weighted by molar-refractivity contribution is 7.92. The Balaban J connectivity index is 1.48. The van der Waals surface area contributed by atoms with Crippen molar-refractivity contribution in [3.05, 3.63) is 59.2 Å². The van der Waals surface area contributed by atoms with E-state index in [-0.39, 0.29) is 18.1 Å². The number of fused-ring (bicyclic) bond motifs is 1. The van der Waals surface area contributed by atoms with Gasteiger partial charge in [-0.3, -0.25) is 9.71 Å². The molecule has 11 heteroatoms. The van der Waals surface area contributed by atoms with Gasteiger partial charge >= 0.3 is 0 Å². The van der Waals surface area contributed by atoms with Gasteiger partial charge in [-0.05, 0) is 50.1 Å². The molecule has 0 amide bonds. The standard InChI is InChI=1S/C21H26N8O2S/c1-3-32(30,31)29-20-18(23-8-9-24-20)13-25-19-14(2)11-26-21(28-19)27-17-5-4-16-12-22-7-6-15(16)10-17/h4-5,8-11,22H,3,6-7,12-13H2,1-2H3,(H,24,29)(H2,25,26,27,28). The first-order valence-corrected chi connectivity index (χ1v) is 12.1. The number of nitrogens with one attached hydrogen (secondary N) is 4. The van der Waals surface area contributed by atoms with Gasteiger partial charge in [-0.25, -0.2) is 18.4 Å². The van der Waals surface area contributed by atoms with Crippen LogP contribution in [0.3, 0.4) is 0 Å². The van der Waals surface area contributed by atoms with Crippen molar-refractivity contribution in [2.75, 3.05) is 27.7 Å². The summed E-state index contributed by atoms with van der Waals surface area (Å²) in [6, 6.07) is 6.27.